The average molecular weight is 245 g/mol. The first kappa shape index (κ1) is 12.3. The monoisotopic (exact) mass is 245 g/mol. The summed E-state index contributed by atoms with van der Waals surface area (Å²) in [5, 5.41) is 10.1. The Morgan fingerprint density at radius 1 is 1.28 bits per heavy atom. The molecule has 1 aromatic heterocycles. The van der Waals surface area contributed by atoms with Crippen LogP contribution in [-0.4, -0.2) is 16.1 Å². The van der Waals surface area contributed by atoms with Crippen molar-refractivity contribution in [3.63, 3.8) is 0 Å². The summed E-state index contributed by atoms with van der Waals surface area (Å²) >= 11 is 0. The molecule has 2 rings (SSSR count). The van der Waals surface area contributed by atoms with Gasteiger partial charge in [0.05, 0.1) is 6.42 Å². The number of aryl methyl sites for hydroxylation is 2. The number of hydrogen-bond donors (Lipinski definition) is 1. The molecule has 0 aliphatic heterocycles. The molecule has 2 aromatic rings. The van der Waals surface area contributed by atoms with Crippen LogP contribution in [0.2, 0.25) is 0 Å². The molecule has 5 heteroatoms. The van der Waals surface area contributed by atoms with Crippen molar-refractivity contribution in [2.45, 2.75) is 27.2 Å². The molecule has 0 atom stereocenters. The highest BCUT2D eigenvalue weighted by Gasteiger charge is 2.08. The van der Waals surface area contributed by atoms with Gasteiger partial charge >= 0.3 is 6.01 Å². The lowest BCUT2D eigenvalue weighted by Gasteiger charge is -2.02. The lowest BCUT2D eigenvalue weighted by atomic mass is 10.0. The van der Waals surface area contributed by atoms with Crippen molar-refractivity contribution in [2.24, 2.45) is 0 Å². The Balaban J connectivity index is 2.11. The topological polar surface area (TPSA) is 68.0 Å². The zero-order chi connectivity index (χ0) is 13.1. The van der Waals surface area contributed by atoms with E-state index in [1.807, 2.05) is 6.07 Å². The fourth-order valence-corrected chi connectivity index (χ4v) is 1.61. The van der Waals surface area contributed by atoms with Gasteiger partial charge in [0.2, 0.25) is 11.8 Å². The molecule has 94 valence electrons. The van der Waals surface area contributed by atoms with E-state index in [1.54, 1.807) is 0 Å². The van der Waals surface area contributed by atoms with Gasteiger partial charge in [-0.3, -0.25) is 10.1 Å². The van der Waals surface area contributed by atoms with Gasteiger partial charge in [-0.25, -0.2) is 0 Å². The first-order valence-electron chi connectivity index (χ1n) is 5.70. The number of carbonyl (C=O) groups excluding carboxylic acids is 1. The maximum absolute atomic E-state index is 10.8. The Kier molecular flexibility index (Phi) is 3.41. The van der Waals surface area contributed by atoms with Crippen LogP contribution in [0.25, 0.3) is 0 Å². The van der Waals surface area contributed by atoms with Gasteiger partial charge in [0.1, 0.15) is 0 Å². The van der Waals surface area contributed by atoms with Crippen LogP contribution in [0.4, 0.5) is 6.01 Å². The van der Waals surface area contributed by atoms with Gasteiger partial charge < -0.3 is 4.42 Å². The molecule has 0 spiro atoms. The number of nitrogens with zero attached hydrogens (tertiary/aromatic N) is 2. The molecule has 1 aromatic carbocycles. The van der Waals surface area contributed by atoms with E-state index in [9.17, 15) is 4.79 Å². The van der Waals surface area contributed by atoms with Crippen LogP contribution in [0.5, 0.6) is 0 Å². The number of anilines is 1. The fourth-order valence-electron chi connectivity index (χ4n) is 1.61. The summed E-state index contributed by atoms with van der Waals surface area (Å²) in [6.07, 6.45) is 0.563. The van der Waals surface area contributed by atoms with Crippen LogP contribution >= 0.6 is 0 Å². The summed E-state index contributed by atoms with van der Waals surface area (Å²) in [6.45, 7) is 5.53. The van der Waals surface area contributed by atoms with Crippen LogP contribution in [-0.2, 0) is 11.2 Å². The second-order valence-electron chi connectivity index (χ2n) is 4.28. The lowest BCUT2D eigenvalue weighted by Crippen LogP contribution is -2.05. The largest absolute Gasteiger partial charge is 0.407 e. The Morgan fingerprint density at radius 2 is 2.06 bits per heavy atom. The highest BCUT2D eigenvalue weighted by molar-refractivity contribution is 5.86. The van der Waals surface area contributed by atoms with E-state index in [0.29, 0.717) is 12.3 Å². The Bertz CT molecular complexity index is 575. The van der Waals surface area contributed by atoms with Gasteiger partial charge in [0, 0.05) is 6.92 Å². The summed E-state index contributed by atoms with van der Waals surface area (Å²) in [5.41, 5.74) is 3.59. The molecule has 1 amide bonds. The van der Waals surface area contributed by atoms with Crippen molar-refractivity contribution in [3.05, 3.63) is 40.8 Å². The van der Waals surface area contributed by atoms with Gasteiger partial charge in [-0.2, -0.15) is 0 Å². The predicted octanol–water partition coefficient (Wildman–Crippen LogP) is 2.24. The standard InChI is InChI=1S/C13H15N3O2/c1-8-4-5-11(6-9(8)2)7-12-15-16-13(18-12)14-10(3)17/h4-6H,7H2,1-3H3,(H,14,16,17). The summed E-state index contributed by atoms with van der Waals surface area (Å²) in [4.78, 5) is 10.8. The average Bonchev–Trinajstić information content (AvgIpc) is 2.70. The molecule has 1 heterocycles. The summed E-state index contributed by atoms with van der Waals surface area (Å²) in [7, 11) is 0. The Hall–Kier alpha value is -2.17. The molecule has 0 fully saturated rings. The maximum Gasteiger partial charge on any atom is 0.322 e. The molecule has 0 radical (unpaired) electrons. The minimum Gasteiger partial charge on any atom is -0.407 e. The molecule has 5 nitrogen and oxygen atoms in total. The highest BCUT2D eigenvalue weighted by atomic mass is 16.4. The molecule has 18 heavy (non-hydrogen) atoms. The fraction of sp³-hybridized carbons (Fsp3) is 0.308. The van der Waals surface area contributed by atoms with Crippen molar-refractivity contribution in [1.29, 1.82) is 0 Å². The maximum atomic E-state index is 10.8. The molecular formula is C13H15N3O2. The van der Waals surface area contributed by atoms with E-state index in [2.05, 4.69) is 41.5 Å². The van der Waals surface area contributed by atoms with Crippen molar-refractivity contribution in [1.82, 2.24) is 10.2 Å². The van der Waals surface area contributed by atoms with Crippen LogP contribution in [0.3, 0.4) is 0 Å². The van der Waals surface area contributed by atoms with Crippen LogP contribution in [0.15, 0.2) is 22.6 Å². The first-order valence-corrected chi connectivity index (χ1v) is 5.70. The number of benzene rings is 1. The van der Waals surface area contributed by atoms with Crippen molar-refractivity contribution in [2.75, 3.05) is 5.32 Å². The van der Waals surface area contributed by atoms with E-state index < -0.39 is 0 Å². The zero-order valence-electron chi connectivity index (χ0n) is 10.7. The van der Waals surface area contributed by atoms with Crippen LogP contribution < -0.4 is 5.32 Å². The minimum absolute atomic E-state index is 0.140. The number of nitrogens with one attached hydrogen (secondary N) is 1. The second kappa shape index (κ2) is 5.00. The third-order valence-electron chi connectivity index (χ3n) is 2.68. The number of aromatic nitrogens is 2. The minimum atomic E-state index is -0.226. The van der Waals surface area contributed by atoms with E-state index in [-0.39, 0.29) is 11.9 Å². The normalized spacial score (nSPS) is 10.4. The van der Waals surface area contributed by atoms with E-state index >= 15 is 0 Å². The van der Waals surface area contributed by atoms with Crippen molar-refractivity contribution < 1.29 is 9.21 Å². The van der Waals surface area contributed by atoms with Gasteiger partial charge in [0.25, 0.3) is 0 Å². The highest BCUT2D eigenvalue weighted by Crippen LogP contribution is 2.14. The van der Waals surface area contributed by atoms with Gasteiger partial charge in [-0.15, -0.1) is 5.10 Å². The second-order valence-corrected chi connectivity index (χ2v) is 4.28. The molecule has 0 bridgehead atoms. The number of carbonyl (C=O) groups is 1. The van der Waals surface area contributed by atoms with Crippen molar-refractivity contribution in [3.8, 4) is 0 Å². The SMILES string of the molecule is CC(=O)Nc1nnc(Cc2ccc(C)c(C)c2)o1. The third kappa shape index (κ3) is 2.94. The molecular weight excluding hydrogens is 230 g/mol. The number of amides is 1. The van der Waals surface area contributed by atoms with Gasteiger partial charge in [0.15, 0.2) is 0 Å². The quantitative estimate of drug-likeness (QED) is 0.900. The van der Waals surface area contributed by atoms with Crippen LogP contribution in [0, 0.1) is 13.8 Å². The zero-order valence-corrected chi connectivity index (χ0v) is 10.7. The smallest absolute Gasteiger partial charge is 0.322 e. The molecule has 0 saturated carbocycles. The number of rotatable bonds is 3. The molecule has 0 saturated heterocycles. The first-order chi connectivity index (χ1) is 8.54. The van der Waals surface area contributed by atoms with Crippen LogP contribution in [0.1, 0.15) is 29.5 Å². The summed E-state index contributed by atoms with van der Waals surface area (Å²) in [5.74, 6) is 0.262. The molecule has 0 aliphatic rings. The van der Waals surface area contributed by atoms with Gasteiger partial charge in [-0.05, 0) is 30.5 Å². The lowest BCUT2D eigenvalue weighted by molar-refractivity contribution is -0.114. The van der Waals surface area contributed by atoms with E-state index in [0.717, 1.165) is 5.56 Å². The number of hydrogen-bond acceptors (Lipinski definition) is 4. The predicted molar refractivity (Wildman–Crippen MR) is 67.3 cm³/mol. The van der Waals surface area contributed by atoms with Gasteiger partial charge in [-0.1, -0.05) is 23.3 Å². The summed E-state index contributed by atoms with van der Waals surface area (Å²) < 4.78 is 5.31. The molecule has 1 N–H and O–H groups in total. The van der Waals surface area contributed by atoms with E-state index in [1.165, 1.54) is 18.1 Å². The molecule has 0 unspecified atom stereocenters. The van der Waals surface area contributed by atoms with Crippen molar-refractivity contribution >= 4 is 11.9 Å². The molecule has 0 aliphatic carbocycles. The van der Waals surface area contributed by atoms with E-state index in [4.69, 9.17) is 4.42 Å². The Labute approximate surface area is 105 Å². The Morgan fingerprint density at radius 3 is 2.72 bits per heavy atom. The summed E-state index contributed by atoms with van der Waals surface area (Å²) in [6, 6.07) is 6.33. The third-order valence-corrected chi connectivity index (χ3v) is 2.68.